The molecule has 0 amide bonds. The van der Waals surface area contributed by atoms with Crippen molar-refractivity contribution in [3.63, 3.8) is 0 Å². The molecule has 5 heteroatoms. The average Bonchev–Trinajstić information content (AvgIpc) is 3.25. The molecule has 0 fully saturated rings. The van der Waals surface area contributed by atoms with Gasteiger partial charge in [-0.2, -0.15) is 0 Å². The van der Waals surface area contributed by atoms with Crippen molar-refractivity contribution in [1.29, 1.82) is 0 Å². The van der Waals surface area contributed by atoms with E-state index in [0.717, 1.165) is 35.1 Å². The van der Waals surface area contributed by atoms with Crippen molar-refractivity contribution in [1.82, 2.24) is 0 Å². The Morgan fingerprint density at radius 1 is 1.00 bits per heavy atom. The van der Waals surface area contributed by atoms with Crippen molar-refractivity contribution in [2.75, 3.05) is 13.2 Å². The summed E-state index contributed by atoms with van der Waals surface area (Å²) >= 11 is 0. The molecule has 0 bridgehead atoms. The molecule has 2 unspecified atom stereocenters. The fraction of sp³-hybridized carbons (Fsp3) is 0.516. The second kappa shape index (κ2) is 12.0. The predicted molar refractivity (Wildman–Crippen MR) is 145 cm³/mol. The number of aliphatic hydroxyl groups is 1. The van der Waals surface area contributed by atoms with Gasteiger partial charge in [0.2, 0.25) is 0 Å². The van der Waals surface area contributed by atoms with Crippen LogP contribution in [0.1, 0.15) is 67.2 Å². The van der Waals surface area contributed by atoms with Crippen LogP contribution in [-0.4, -0.2) is 30.4 Å². The highest BCUT2D eigenvalue weighted by Crippen LogP contribution is 2.44. The summed E-state index contributed by atoms with van der Waals surface area (Å²) in [5.74, 6) is 1.76. The maximum Gasteiger partial charge on any atom is 0.312 e. The number of ether oxygens (including phenoxy) is 2. The number of hydrogen-bond donors (Lipinski definition) is 1. The van der Waals surface area contributed by atoms with Crippen molar-refractivity contribution < 1.29 is 23.8 Å². The summed E-state index contributed by atoms with van der Waals surface area (Å²) < 4.78 is 17.5. The fourth-order valence-corrected chi connectivity index (χ4v) is 4.44. The molecule has 0 aliphatic carbocycles. The summed E-state index contributed by atoms with van der Waals surface area (Å²) in [5.41, 5.74) is 1.08. The number of hydrogen-bond acceptors (Lipinski definition) is 5. The minimum atomic E-state index is -0.589. The van der Waals surface area contributed by atoms with Crippen molar-refractivity contribution in [2.45, 2.75) is 73.3 Å². The van der Waals surface area contributed by atoms with E-state index in [4.69, 9.17) is 13.9 Å². The smallest absolute Gasteiger partial charge is 0.312 e. The Kier molecular flexibility index (Phi) is 9.24. The lowest BCUT2D eigenvalue weighted by Crippen LogP contribution is -2.42. The first-order valence-electron chi connectivity index (χ1n) is 13.1. The van der Waals surface area contributed by atoms with E-state index in [-0.39, 0.29) is 18.0 Å². The topological polar surface area (TPSA) is 68.9 Å². The number of fused-ring (bicyclic) bond motifs is 1. The van der Waals surface area contributed by atoms with E-state index in [0.29, 0.717) is 31.1 Å². The zero-order valence-corrected chi connectivity index (χ0v) is 22.7. The lowest BCUT2D eigenvalue weighted by atomic mass is 9.64. The molecule has 1 aromatic heterocycles. The number of furan rings is 1. The molecular weight excluding hydrogens is 452 g/mol. The number of carbonyl (C=O) groups excluding carboxylic acids is 1. The van der Waals surface area contributed by atoms with Crippen LogP contribution >= 0.6 is 0 Å². The number of carbonyl (C=O) groups is 1. The van der Waals surface area contributed by atoms with E-state index < -0.39 is 11.5 Å². The van der Waals surface area contributed by atoms with Crippen LogP contribution in [0, 0.1) is 16.7 Å². The van der Waals surface area contributed by atoms with Gasteiger partial charge in [-0.1, -0.05) is 65.0 Å². The van der Waals surface area contributed by atoms with E-state index in [1.807, 2.05) is 61.5 Å². The molecule has 0 aliphatic rings. The molecule has 0 saturated carbocycles. The number of esters is 1. The van der Waals surface area contributed by atoms with Crippen molar-refractivity contribution in [3.05, 3.63) is 54.6 Å². The normalized spacial score (nSPS) is 14.6. The second-order valence-electron chi connectivity index (χ2n) is 11.5. The molecule has 2 aromatic carbocycles. The Balaban J connectivity index is 1.41. The van der Waals surface area contributed by atoms with Gasteiger partial charge in [-0.25, -0.2) is 0 Å². The zero-order valence-electron chi connectivity index (χ0n) is 22.7. The van der Waals surface area contributed by atoms with Gasteiger partial charge >= 0.3 is 5.97 Å². The number of aliphatic hydroxyl groups excluding tert-OH is 1. The SMILES string of the molecule is CC(C)CC(C)(C(=O)OCCCCC(O)COc1ccc2cc(-c3ccccc3)oc2c1)C(C)(C)C. The number of rotatable bonds is 12. The molecule has 3 aromatic rings. The van der Waals surface area contributed by atoms with Gasteiger partial charge in [0.15, 0.2) is 0 Å². The van der Waals surface area contributed by atoms with E-state index in [2.05, 4.69) is 34.6 Å². The molecule has 1 heterocycles. The third kappa shape index (κ3) is 7.13. The molecule has 36 heavy (non-hydrogen) atoms. The molecule has 0 spiro atoms. The van der Waals surface area contributed by atoms with Crippen LogP contribution < -0.4 is 4.74 Å². The van der Waals surface area contributed by atoms with Gasteiger partial charge in [-0.15, -0.1) is 0 Å². The first-order chi connectivity index (χ1) is 17.0. The standard InChI is InChI=1S/C31H42O5/c1-22(2)20-31(6,30(3,4)5)29(33)34-17-11-10-14-25(32)21-35-26-16-15-24-18-27(36-28(24)19-26)23-12-8-7-9-13-23/h7-9,12-13,15-16,18-19,22,25,32H,10-11,14,17,20-21H2,1-6H3. The molecule has 2 atom stereocenters. The minimum Gasteiger partial charge on any atom is -0.491 e. The van der Waals surface area contributed by atoms with Crippen molar-refractivity contribution >= 4 is 16.9 Å². The zero-order chi connectivity index (χ0) is 26.3. The summed E-state index contributed by atoms with van der Waals surface area (Å²) in [5, 5.41) is 11.4. The van der Waals surface area contributed by atoms with Crippen LogP contribution in [0.4, 0.5) is 0 Å². The van der Waals surface area contributed by atoms with E-state index in [1.165, 1.54) is 0 Å². The van der Waals surface area contributed by atoms with Crippen LogP contribution in [0.3, 0.4) is 0 Å². The van der Waals surface area contributed by atoms with E-state index >= 15 is 0 Å². The van der Waals surface area contributed by atoms with Crippen LogP contribution in [0.2, 0.25) is 0 Å². The molecule has 3 rings (SSSR count). The lowest BCUT2D eigenvalue weighted by Gasteiger charge is -2.40. The van der Waals surface area contributed by atoms with Gasteiger partial charge in [-0.3, -0.25) is 4.79 Å². The van der Waals surface area contributed by atoms with E-state index in [9.17, 15) is 9.90 Å². The summed E-state index contributed by atoms with van der Waals surface area (Å²) in [6.07, 6.45) is 2.26. The highest BCUT2D eigenvalue weighted by atomic mass is 16.5. The summed E-state index contributed by atoms with van der Waals surface area (Å²) in [6.45, 7) is 13.1. The fourth-order valence-electron chi connectivity index (χ4n) is 4.44. The van der Waals surface area contributed by atoms with Gasteiger partial charge in [0.05, 0.1) is 18.1 Å². The Morgan fingerprint density at radius 3 is 2.39 bits per heavy atom. The monoisotopic (exact) mass is 494 g/mol. The molecule has 0 radical (unpaired) electrons. The molecule has 1 N–H and O–H groups in total. The highest BCUT2D eigenvalue weighted by Gasteiger charge is 2.45. The maximum absolute atomic E-state index is 12.9. The van der Waals surface area contributed by atoms with Gasteiger partial charge in [0.25, 0.3) is 0 Å². The van der Waals surface area contributed by atoms with Crippen LogP contribution in [0.25, 0.3) is 22.3 Å². The Hall–Kier alpha value is -2.79. The van der Waals surface area contributed by atoms with Gasteiger partial charge < -0.3 is 19.0 Å². The first-order valence-corrected chi connectivity index (χ1v) is 13.1. The van der Waals surface area contributed by atoms with Gasteiger partial charge in [-0.05, 0) is 62.1 Å². The van der Waals surface area contributed by atoms with E-state index in [1.54, 1.807) is 0 Å². The Labute approximate surface area is 215 Å². The highest BCUT2D eigenvalue weighted by molar-refractivity contribution is 5.84. The number of benzene rings is 2. The first kappa shape index (κ1) is 27.8. The van der Waals surface area contributed by atoms with Crippen LogP contribution in [0.15, 0.2) is 59.0 Å². The van der Waals surface area contributed by atoms with Crippen molar-refractivity contribution in [2.24, 2.45) is 16.7 Å². The number of unbranched alkanes of at least 4 members (excludes halogenated alkanes) is 1. The molecule has 196 valence electrons. The van der Waals surface area contributed by atoms with Gasteiger partial charge in [0.1, 0.15) is 23.7 Å². The van der Waals surface area contributed by atoms with Gasteiger partial charge in [0, 0.05) is 17.0 Å². The molecular formula is C31H42O5. The largest absolute Gasteiger partial charge is 0.491 e. The summed E-state index contributed by atoms with van der Waals surface area (Å²) in [4.78, 5) is 12.9. The third-order valence-electron chi connectivity index (χ3n) is 7.08. The molecule has 5 nitrogen and oxygen atoms in total. The van der Waals surface area contributed by atoms with Crippen LogP contribution in [-0.2, 0) is 9.53 Å². The third-order valence-corrected chi connectivity index (χ3v) is 7.08. The quantitative estimate of drug-likeness (QED) is 0.207. The summed E-state index contributed by atoms with van der Waals surface area (Å²) in [6, 6.07) is 17.7. The minimum absolute atomic E-state index is 0.128. The Morgan fingerprint density at radius 2 is 1.72 bits per heavy atom. The average molecular weight is 495 g/mol. The lowest BCUT2D eigenvalue weighted by molar-refractivity contribution is -0.163. The van der Waals surface area contributed by atoms with Crippen LogP contribution in [0.5, 0.6) is 5.75 Å². The van der Waals surface area contributed by atoms with Crippen molar-refractivity contribution in [3.8, 4) is 17.1 Å². The molecule has 0 saturated heterocycles. The molecule has 0 aliphatic heterocycles. The maximum atomic E-state index is 12.9. The second-order valence-corrected chi connectivity index (χ2v) is 11.5. The summed E-state index contributed by atoms with van der Waals surface area (Å²) in [7, 11) is 0. The predicted octanol–water partition coefficient (Wildman–Crippen LogP) is 7.65. The Bertz CT molecular complexity index is 1110.